The topological polar surface area (TPSA) is 150 Å². The van der Waals surface area contributed by atoms with Crippen LogP contribution in [0.25, 0.3) is 11.2 Å². The third-order valence-corrected chi connectivity index (χ3v) is 8.83. The molecule has 0 spiro atoms. The number of aromatic amines is 1. The lowest BCUT2D eigenvalue weighted by Crippen LogP contribution is -2.38. The quantitative estimate of drug-likeness (QED) is 0.161. The molecule has 1 aliphatic heterocycles. The Labute approximate surface area is 287 Å². The van der Waals surface area contributed by atoms with Gasteiger partial charge in [-0.15, -0.1) is 0 Å². The highest BCUT2D eigenvalue weighted by Crippen LogP contribution is 2.43. The monoisotopic (exact) mass is 673 g/mol. The molecule has 254 valence electrons. The van der Waals surface area contributed by atoms with Gasteiger partial charge in [0.05, 0.1) is 33.3 Å². The van der Waals surface area contributed by atoms with Crippen molar-refractivity contribution in [3.63, 3.8) is 0 Å². The van der Waals surface area contributed by atoms with E-state index in [4.69, 9.17) is 18.9 Å². The molecule has 1 aliphatic rings. The first-order chi connectivity index (χ1) is 24.4. The molecule has 3 heterocycles. The molecule has 1 amide bonds. The van der Waals surface area contributed by atoms with Crippen LogP contribution in [0.3, 0.4) is 0 Å². The van der Waals surface area contributed by atoms with Gasteiger partial charge in [0.1, 0.15) is 29.4 Å². The molecule has 1 saturated heterocycles. The number of carbonyl (C=O) groups excluding carboxylic acids is 1. The fourth-order valence-electron chi connectivity index (χ4n) is 6.30. The highest BCUT2D eigenvalue weighted by molar-refractivity contribution is 6.03. The lowest BCUT2D eigenvalue weighted by atomic mass is 9.80. The fourth-order valence-corrected chi connectivity index (χ4v) is 6.30. The normalized spacial score (nSPS) is 18.4. The van der Waals surface area contributed by atoms with Gasteiger partial charge in [0, 0.05) is 12.0 Å². The molecule has 12 heteroatoms. The van der Waals surface area contributed by atoms with Crippen molar-refractivity contribution in [3.05, 3.63) is 148 Å². The van der Waals surface area contributed by atoms with Gasteiger partial charge in [-0.2, -0.15) is 4.98 Å². The number of ether oxygens (including phenoxy) is 4. The molecule has 1 fully saturated rings. The molecule has 0 saturated carbocycles. The maximum atomic E-state index is 12.9. The number of carbonyl (C=O) groups is 1. The number of amides is 1. The van der Waals surface area contributed by atoms with Crippen molar-refractivity contribution in [2.45, 2.75) is 30.5 Å². The van der Waals surface area contributed by atoms with Crippen molar-refractivity contribution in [2.24, 2.45) is 0 Å². The number of methoxy groups -OCH3 is 2. The Bertz CT molecular complexity index is 2150. The second kappa shape index (κ2) is 14.0. The summed E-state index contributed by atoms with van der Waals surface area (Å²) in [5.41, 5.74) is 1.51. The summed E-state index contributed by atoms with van der Waals surface area (Å²) in [4.78, 5) is 37.0. The van der Waals surface area contributed by atoms with Gasteiger partial charge in [-0.3, -0.25) is 24.5 Å². The molecule has 3 N–H and O–H groups in total. The zero-order chi connectivity index (χ0) is 34.7. The van der Waals surface area contributed by atoms with E-state index in [-0.39, 0.29) is 30.1 Å². The lowest BCUT2D eigenvalue weighted by Gasteiger charge is -2.37. The average molecular weight is 674 g/mol. The lowest BCUT2D eigenvalue weighted by molar-refractivity contribution is -0.0931. The molecule has 4 aromatic carbocycles. The summed E-state index contributed by atoms with van der Waals surface area (Å²) in [6.07, 6.45) is -0.785. The van der Waals surface area contributed by atoms with Gasteiger partial charge in [0.25, 0.3) is 11.5 Å². The number of nitrogens with one attached hydrogen (secondary N) is 2. The second-order valence-electron chi connectivity index (χ2n) is 11.8. The zero-order valence-electron chi connectivity index (χ0n) is 27.4. The highest BCUT2D eigenvalue weighted by Gasteiger charge is 2.42. The summed E-state index contributed by atoms with van der Waals surface area (Å²) >= 11 is 0. The van der Waals surface area contributed by atoms with Crippen molar-refractivity contribution < 1.29 is 28.8 Å². The maximum Gasteiger partial charge on any atom is 0.280 e. The van der Waals surface area contributed by atoms with Gasteiger partial charge < -0.3 is 24.1 Å². The van der Waals surface area contributed by atoms with E-state index in [1.807, 2.05) is 78.9 Å². The molecule has 12 nitrogen and oxygen atoms in total. The SMILES string of the molecule is COc1ccc(C(OCC2OC(n3cnc4c(=O)[nH]c(NC(=O)c5ccccc5)nc43)CC2O)(c2ccccc2)c2cccc(OC)c2)cc1. The number of hydrogen-bond acceptors (Lipinski definition) is 9. The minimum Gasteiger partial charge on any atom is -0.497 e. The fraction of sp³-hybridized carbons (Fsp3) is 0.211. The van der Waals surface area contributed by atoms with E-state index < -0.39 is 35.5 Å². The molecule has 50 heavy (non-hydrogen) atoms. The number of anilines is 1. The second-order valence-corrected chi connectivity index (χ2v) is 11.8. The van der Waals surface area contributed by atoms with Crippen LogP contribution in [0, 0.1) is 0 Å². The zero-order valence-corrected chi connectivity index (χ0v) is 27.4. The van der Waals surface area contributed by atoms with E-state index in [0.717, 1.165) is 16.7 Å². The maximum absolute atomic E-state index is 12.9. The van der Waals surface area contributed by atoms with Gasteiger partial charge in [0.2, 0.25) is 5.95 Å². The summed E-state index contributed by atoms with van der Waals surface area (Å²) in [6, 6.07) is 33.8. The Kier molecular flexibility index (Phi) is 9.13. The van der Waals surface area contributed by atoms with Crippen molar-refractivity contribution in [1.29, 1.82) is 0 Å². The standard InChI is InChI=1S/C38H35N5O7/c1-47-28-18-16-26(17-19-28)38(25-12-7-4-8-13-25,27-14-9-15-29(20-27)48-2)49-22-31-30(44)21-32(50-31)43-23-39-33-34(43)40-37(42-36(33)46)41-35(45)24-10-5-3-6-11-24/h3-20,23,30-32,44H,21-22H2,1-2H3,(H2,40,41,42,45,46). The number of aromatic nitrogens is 4. The van der Waals surface area contributed by atoms with E-state index in [1.54, 1.807) is 49.1 Å². The van der Waals surface area contributed by atoms with Gasteiger partial charge in [0.15, 0.2) is 11.2 Å². The largest absolute Gasteiger partial charge is 0.497 e. The average Bonchev–Trinajstić information content (AvgIpc) is 3.76. The molecule has 0 aliphatic carbocycles. The van der Waals surface area contributed by atoms with Crippen molar-refractivity contribution in [1.82, 2.24) is 19.5 Å². The molecule has 0 bridgehead atoms. The first-order valence-electron chi connectivity index (χ1n) is 16.0. The van der Waals surface area contributed by atoms with Crippen LogP contribution in [-0.2, 0) is 15.1 Å². The summed E-state index contributed by atoms with van der Waals surface area (Å²) in [7, 11) is 3.23. The summed E-state index contributed by atoms with van der Waals surface area (Å²) in [5, 5.41) is 14.0. The third-order valence-electron chi connectivity index (χ3n) is 8.83. The van der Waals surface area contributed by atoms with Crippen LogP contribution in [0.1, 0.15) is 39.7 Å². The third kappa shape index (κ3) is 6.23. The number of nitrogens with zero attached hydrogens (tertiary/aromatic N) is 3. The number of aliphatic hydroxyl groups is 1. The van der Waals surface area contributed by atoms with Crippen molar-refractivity contribution >= 4 is 23.0 Å². The Balaban J connectivity index is 1.20. The Morgan fingerprint density at radius 1 is 0.920 bits per heavy atom. The van der Waals surface area contributed by atoms with Crippen molar-refractivity contribution in [3.8, 4) is 11.5 Å². The van der Waals surface area contributed by atoms with Crippen LogP contribution in [0.15, 0.2) is 120 Å². The highest BCUT2D eigenvalue weighted by atomic mass is 16.6. The number of imidazole rings is 1. The predicted molar refractivity (Wildman–Crippen MR) is 185 cm³/mol. The number of benzene rings is 4. The minimum absolute atomic E-state index is 0.00513. The molecule has 6 aromatic rings. The van der Waals surface area contributed by atoms with E-state index in [9.17, 15) is 14.7 Å². The number of aliphatic hydroxyl groups excluding tert-OH is 1. The molecule has 7 rings (SSSR count). The summed E-state index contributed by atoms with van der Waals surface area (Å²) < 4.78 is 26.0. The van der Waals surface area contributed by atoms with Crippen LogP contribution < -0.4 is 20.3 Å². The first-order valence-corrected chi connectivity index (χ1v) is 16.0. The number of fused-ring (bicyclic) bond motifs is 1. The van der Waals surface area contributed by atoms with Crippen LogP contribution in [0.5, 0.6) is 11.5 Å². The smallest absolute Gasteiger partial charge is 0.280 e. The molecule has 2 aromatic heterocycles. The van der Waals surface area contributed by atoms with Gasteiger partial charge in [-0.1, -0.05) is 72.8 Å². The molecule has 4 unspecified atom stereocenters. The number of hydrogen-bond donors (Lipinski definition) is 3. The molecule has 0 radical (unpaired) electrons. The van der Waals surface area contributed by atoms with E-state index in [1.165, 1.54) is 6.33 Å². The first kappa shape index (κ1) is 32.7. The summed E-state index contributed by atoms with van der Waals surface area (Å²) in [5.74, 6) is 0.883. The summed E-state index contributed by atoms with van der Waals surface area (Å²) in [6.45, 7) is -0.00513. The molecule has 4 atom stereocenters. The van der Waals surface area contributed by atoms with E-state index in [2.05, 4.69) is 20.3 Å². The van der Waals surface area contributed by atoms with Gasteiger partial charge in [-0.05, 0) is 53.1 Å². The predicted octanol–water partition coefficient (Wildman–Crippen LogP) is 5.05. The number of rotatable bonds is 11. The van der Waals surface area contributed by atoms with E-state index >= 15 is 0 Å². The van der Waals surface area contributed by atoms with Crippen LogP contribution in [-0.4, -0.2) is 63.6 Å². The van der Waals surface area contributed by atoms with Gasteiger partial charge >= 0.3 is 0 Å². The van der Waals surface area contributed by atoms with Gasteiger partial charge in [-0.25, -0.2) is 4.98 Å². The number of H-pyrrole nitrogens is 1. The molecular weight excluding hydrogens is 638 g/mol. The van der Waals surface area contributed by atoms with E-state index in [0.29, 0.717) is 17.1 Å². The van der Waals surface area contributed by atoms with Crippen LogP contribution in [0.2, 0.25) is 0 Å². The van der Waals surface area contributed by atoms with Crippen LogP contribution >= 0.6 is 0 Å². The Morgan fingerprint density at radius 3 is 2.32 bits per heavy atom. The molecular formula is C38H35N5O7. The Hall–Kier alpha value is -5.82. The van der Waals surface area contributed by atoms with Crippen LogP contribution in [0.4, 0.5) is 5.95 Å². The van der Waals surface area contributed by atoms with Crippen molar-refractivity contribution in [2.75, 3.05) is 26.1 Å². The minimum atomic E-state index is -1.13. The Morgan fingerprint density at radius 2 is 1.60 bits per heavy atom.